The predicted molar refractivity (Wildman–Crippen MR) is 150 cm³/mol. The molecule has 10 nitrogen and oxygen atoms in total. The zero-order chi connectivity index (χ0) is 30.8. The molecule has 0 spiro atoms. The first-order chi connectivity index (χ1) is 18.4. The van der Waals surface area contributed by atoms with Crippen LogP contribution in [0.15, 0.2) is 18.2 Å². The van der Waals surface area contributed by atoms with E-state index in [1.807, 2.05) is 27.7 Å². The minimum Gasteiger partial charge on any atom is -0.458 e. The SMILES string of the molecule is CCC(C)(C)C(=O)Oc1ccc(C[C@H](N)C(=O)O[C@@H](C)[C@H](C)OC(=O)OCC(C)C)cc1OC(=O)C(C)(C)CC. The third kappa shape index (κ3) is 10.8. The number of esters is 3. The summed E-state index contributed by atoms with van der Waals surface area (Å²) < 4.78 is 26.8. The van der Waals surface area contributed by atoms with Crippen molar-refractivity contribution >= 4 is 24.1 Å². The molecule has 0 aromatic heterocycles. The molecule has 0 bridgehead atoms. The summed E-state index contributed by atoms with van der Waals surface area (Å²) in [5.74, 6) is -1.35. The summed E-state index contributed by atoms with van der Waals surface area (Å²) in [4.78, 5) is 50.0. The van der Waals surface area contributed by atoms with Crippen LogP contribution >= 0.6 is 0 Å². The fraction of sp³-hybridized carbons (Fsp3) is 0.667. The molecule has 0 aliphatic carbocycles. The molecular weight excluding hydrogens is 518 g/mol. The lowest BCUT2D eigenvalue weighted by atomic mass is 9.90. The lowest BCUT2D eigenvalue weighted by Gasteiger charge is -2.24. The summed E-state index contributed by atoms with van der Waals surface area (Å²) >= 11 is 0. The largest absolute Gasteiger partial charge is 0.508 e. The maximum absolute atomic E-state index is 12.8. The Hall–Kier alpha value is -3.14. The Bertz CT molecular complexity index is 1030. The summed E-state index contributed by atoms with van der Waals surface area (Å²) in [6.07, 6.45) is -1.24. The number of hydrogen-bond donors (Lipinski definition) is 1. The van der Waals surface area contributed by atoms with Gasteiger partial charge in [0.1, 0.15) is 18.2 Å². The second-order valence-electron chi connectivity index (χ2n) is 11.8. The molecule has 0 aliphatic rings. The monoisotopic (exact) mass is 565 g/mol. The molecule has 1 aromatic carbocycles. The highest BCUT2D eigenvalue weighted by Crippen LogP contribution is 2.34. The number of carbonyl (C=O) groups excluding carboxylic acids is 4. The Morgan fingerprint density at radius 3 is 1.80 bits per heavy atom. The van der Waals surface area contributed by atoms with Crippen LogP contribution in [0.4, 0.5) is 4.79 Å². The topological polar surface area (TPSA) is 140 Å². The third-order valence-electron chi connectivity index (χ3n) is 6.82. The van der Waals surface area contributed by atoms with Crippen LogP contribution in [0.25, 0.3) is 0 Å². The molecule has 0 amide bonds. The number of carbonyl (C=O) groups is 4. The van der Waals surface area contributed by atoms with Crippen molar-refractivity contribution in [3.63, 3.8) is 0 Å². The molecule has 10 heteroatoms. The van der Waals surface area contributed by atoms with Crippen LogP contribution in [-0.2, 0) is 35.0 Å². The van der Waals surface area contributed by atoms with E-state index in [1.165, 1.54) is 12.1 Å². The molecule has 1 aromatic rings. The molecule has 0 fully saturated rings. The number of benzene rings is 1. The summed E-state index contributed by atoms with van der Waals surface area (Å²) in [5.41, 5.74) is 5.17. The average Bonchev–Trinajstić information content (AvgIpc) is 2.88. The van der Waals surface area contributed by atoms with Crippen molar-refractivity contribution in [3.8, 4) is 11.5 Å². The quantitative estimate of drug-likeness (QED) is 0.231. The molecule has 2 N–H and O–H groups in total. The van der Waals surface area contributed by atoms with E-state index < -0.39 is 53.1 Å². The van der Waals surface area contributed by atoms with Crippen molar-refractivity contribution in [1.82, 2.24) is 0 Å². The molecule has 3 atom stereocenters. The van der Waals surface area contributed by atoms with E-state index in [0.717, 1.165) is 0 Å². The number of rotatable bonds is 14. The van der Waals surface area contributed by atoms with Crippen LogP contribution in [0, 0.1) is 16.7 Å². The average molecular weight is 566 g/mol. The molecule has 40 heavy (non-hydrogen) atoms. The highest BCUT2D eigenvalue weighted by Gasteiger charge is 2.32. The van der Waals surface area contributed by atoms with E-state index in [1.54, 1.807) is 47.6 Å². The van der Waals surface area contributed by atoms with E-state index in [0.29, 0.717) is 18.4 Å². The van der Waals surface area contributed by atoms with Gasteiger partial charge < -0.3 is 29.4 Å². The highest BCUT2D eigenvalue weighted by molar-refractivity contribution is 5.81. The van der Waals surface area contributed by atoms with Crippen LogP contribution in [0.3, 0.4) is 0 Å². The number of nitrogens with two attached hydrogens (primary N) is 1. The van der Waals surface area contributed by atoms with Crippen molar-refractivity contribution in [2.45, 2.75) is 107 Å². The maximum Gasteiger partial charge on any atom is 0.508 e. The molecule has 1 rings (SSSR count). The zero-order valence-corrected chi connectivity index (χ0v) is 25.6. The smallest absolute Gasteiger partial charge is 0.458 e. The van der Waals surface area contributed by atoms with Crippen LogP contribution in [0.1, 0.15) is 87.6 Å². The second-order valence-corrected chi connectivity index (χ2v) is 11.8. The molecule has 0 saturated heterocycles. The fourth-order valence-electron chi connectivity index (χ4n) is 2.83. The molecule has 0 saturated carbocycles. The first kappa shape index (κ1) is 34.9. The number of hydrogen-bond acceptors (Lipinski definition) is 10. The first-order valence-corrected chi connectivity index (χ1v) is 13.8. The van der Waals surface area contributed by atoms with E-state index in [-0.39, 0.29) is 30.4 Å². The van der Waals surface area contributed by atoms with Gasteiger partial charge in [0.05, 0.1) is 17.4 Å². The molecule has 0 radical (unpaired) electrons. The maximum atomic E-state index is 12.8. The van der Waals surface area contributed by atoms with Gasteiger partial charge in [0.15, 0.2) is 11.5 Å². The Morgan fingerprint density at radius 1 is 0.800 bits per heavy atom. The van der Waals surface area contributed by atoms with E-state index >= 15 is 0 Å². The van der Waals surface area contributed by atoms with E-state index in [2.05, 4.69) is 0 Å². The molecule has 0 aliphatic heterocycles. The van der Waals surface area contributed by atoms with Gasteiger partial charge in [0, 0.05) is 0 Å². The van der Waals surface area contributed by atoms with Gasteiger partial charge in [-0.05, 0) is 84.4 Å². The van der Waals surface area contributed by atoms with Gasteiger partial charge in [-0.1, -0.05) is 33.8 Å². The van der Waals surface area contributed by atoms with Crippen LogP contribution in [0.5, 0.6) is 11.5 Å². The lowest BCUT2D eigenvalue weighted by molar-refractivity contribution is -0.155. The van der Waals surface area contributed by atoms with Crippen molar-refractivity contribution in [1.29, 1.82) is 0 Å². The van der Waals surface area contributed by atoms with Gasteiger partial charge in [-0.15, -0.1) is 0 Å². The first-order valence-electron chi connectivity index (χ1n) is 13.8. The minimum absolute atomic E-state index is 0.0492. The summed E-state index contributed by atoms with van der Waals surface area (Å²) in [7, 11) is 0. The van der Waals surface area contributed by atoms with E-state index in [4.69, 9.17) is 29.4 Å². The summed E-state index contributed by atoms with van der Waals surface area (Å²) in [5, 5.41) is 0. The third-order valence-corrected chi connectivity index (χ3v) is 6.82. The summed E-state index contributed by atoms with van der Waals surface area (Å²) in [6, 6.07) is 3.61. The number of ether oxygens (including phenoxy) is 5. The van der Waals surface area contributed by atoms with Crippen molar-refractivity contribution in [2.24, 2.45) is 22.5 Å². The van der Waals surface area contributed by atoms with Gasteiger partial charge >= 0.3 is 24.1 Å². The van der Waals surface area contributed by atoms with Gasteiger partial charge in [-0.25, -0.2) is 4.79 Å². The molecular formula is C30H47NO9. The highest BCUT2D eigenvalue weighted by atomic mass is 16.7. The normalized spacial score (nSPS) is 14.1. The van der Waals surface area contributed by atoms with Crippen LogP contribution < -0.4 is 15.2 Å². The fourth-order valence-corrected chi connectivity index (χ4v) is 2.83. The van der Waals surface area contributed by atoms with Crippen molar-refractivity contribution in [3.05, 3.63) is 23.8 Å². The second kappa shape index (κ2) is 15.0. The van der Waals surface area contributed by atoms with Crippen LogP contribution in [0.2, 0.25) is 0 Å². The van der Waals surface area contributed by atoms with Crippen molar-refractivity contribution in [2.75, 3.05) is 6.61 Å². The van der Waals surface area contributed by atoms with Gasteiger partial charge in [0.2, 0.25) is 0 Å². The predicted octanol–water partition coefficient (Wildman–Crippen LogP) is 5.37. The molecule has 226 valence electrons. The van der Waals surface area contributed by atoms with Gasteiger partial charge in [-0.3, -0.25) is 14.4 Å². The van der Waals surface area contributed by atoms with E-state index in [9.17, 15) is 19.2 Å². The Labute approximate surface area is 238 Å². The zero-order valence-electron chi connectivity index (χ0n) is 25.6. The van der Waals surface area contributed by atoms with Crippen LogP contribution in [-0.4, -0.2) is 48.9 Å². The van der Waals surface area contributed by atoms with Crippen molar-refractivity contribution < 1.29 is 42.9 Å². The van der Waals surface area contributed by atoms with Gasteiger partial charge in [-0.2, -0.15) is 0 Å². The summed E-state index contributed by atoms with van der Waals surface area (Å²) in [6.45, 7) is 18.0. The standard InChI is InChI=1S/C30H47NO9/c1-11-29(7,8)26(33)39-23-14-13-21(16-24(23)40-27(34)30(9,10)12-2)15-22(31)25(32)37-19(5)20(6)38-28(35)36-17-18(3)4/h13-14,16,18-20,22H,11-12,15,17,31H2,1-10H3/t19-,20-,22-/m0/s1. The Balaban J connectivity index is 3.02. The molecule has 0 unspecified atom stereocenters. The Morgan fingerprint density at radius 2 is 1.30 bits per heavy atom. The minimum atomic E-state index is -1.06. The molecule has 0 heterocycles. The lowest BCUT2D eigenvalue weighted by Crippen LogP contribution is -2.39. The Kier molecular flexibility index (Phi) is 13.1. The van der Waals surface area contributed by atoms with Gasteiger partial charge in [0.25, 0.3) is 0 Å².